The topological polar surface area (TPSA) is 49.4 Å². The third-order valence-corrected chi connectivity index (χ3v) is 7.39. The lowest BCUT2D eigenvalue weighted by atomic mass is 9.95. The molecule has 164 valence electrons. The third kappa shape index (κ3) is 5.45. The molecule has 0 atom stereocenters. The van der Waals surface area contributed by atoms with Gasteiger partial charge < -0.3 is 10.2 Å². The van der Waals surface area contributed by atoms with Crippen molar-refractivity contribution >= 4 is 29.3 Å². The zero-order chi connectivity index (χ0) is 21.8. The Morgan fingerprint density at radius 2 is 1.61 bits per heavy atom. The average Bonchev–Trinajstić information content (AvgIpc) is 3.28. The first kappa shape index (κ1) is 21.8. The lowest BCUT2D eigenvalue weighted by Gasteiger charge is -2.31. The Morgan fingerprint density at radius 1 is 0.935 bits per heavy atom. The van der Waals surface area contributed by atoms with Crippen LogP contribution in [0.4, 0.5) is 14.5 Å². The molecule has 31 heavy (non-hydrogen) atoms. The number of nitrogens with one attached hydrogen (secondary N) is 1. The van der Waals surface area contributed by atoms with Crippen LogP contribution in [0, 0.1) is 17.6 Å². The van der Waals surface area contributed by atoms with E-state index in [0.717, 1.165) is 11.8 Å². The Labute approximate surface area is 185 Å². The molecule has 1 aliphatic heterocycles. The van der Waals surface area contributed by atoms with E-state index in [1.54, 1.807) is 0 Å². The number of amides is 2. The zero-order valence-corrected chi connectivity index (χ0v) is 18.1. The van der Waals surface area contributed by atoms with Crippen molar-refractivity contribution in [3.8, 4) is 0 Å². The molecule has 2 aliphatic rings. The first-order chi connectivity index (χ1) is 15.0. The molecule has 1 aliphatic carbocycles. The van der Waals surface area contributed by atoms with Crippen LogP contribution in [0.5, 0.6) is 0 Å². The van der Waals surface area contributed by atoms with Gasteiger partial charge in [0, 0.05) is 40.9 Å². The number of benzene rings is 2. The van der Waals surface area contributed by atoms with Crippen molar-refractivity contribution in [3.05, 3.63) is 59.7 Å². The number of hydrogen-bond donors (Lipinski definition) is 1. The Bertz CT molecular complexity index is 937. The van der Waals surface area contributed by atoms with Crippen LogP contribution in [0.3, 0.4) is 0 Å². The Balaban J connectivity index is 1.27. The number of nitrogens with zero attached hydrogens (tertiary/aromatic N) is 1. The van der Waals surface area contributed by atoms with Gasteiger partial charge in [0.2, 0.25) is 5.91 Å². The van der Waals surface area contributed by atoms with Crippen LogP contribution in [0.2, 0.25) is 0 Å². The van der Waals surface area contributed by atoms with Gasteiger partial charge in [-0.05, 0) is 62.1 Å². The predicted octanol–water partition coefficient (Wildman–Crippen LogP) is 5.49. The molecule has 2 aromatic carbocycles. The highest BCUT2D eigenvalue weighted by Gasteiger charge is 2.29. The summed E-state index contributed by atoms with van der Waals surface area (Å²) in [5, 5.41) is 3.68. The van der Waals surface area contributed by atoms with E-state index in [9.17, 15) is 18.4 Å². The highest BCUT2D eigenvalue weighted by molar-refractivity contribution is 8.00. The van der Waals surface area contributed by atoms with Gasteiger partial charge in [0.1, 0.15) is 11.6 Å². The monoisotopic (exact) mass is 444 g/mol. The van der Waals surface area contributed by atoms with Gasteiger partial charge in [0.25, 0.3) is 5.91 Å². The summed E-state index contributed by atoms with van der Waals surface area (Å²) in [5.41, 5.74) is 0.632. The van der Waals surface area contributed by atoms with Crippen molar-refractivity contribution in [2.45, 2.75) is 48.7 Å². The number of piperidine rings is 1. The van der Waals surface area contributed by atoms with Gasteiger partial charge in [0.05, 0.1) is 5.56 Å². The minimum atomic E-state index is -0.862. The molecule has 2 fully saturated rings. The second-order valence-electron chi connectivity index (χ2n) is 8.23. The van der Waals surface area contributed by atoms with Crippen molar-refractivity contribution < 1.29 is 18.4 Å². The van der Waals surface area contributed by atoms with Crippen LogP contribution in [-0.2, 0) is 4.79 Å². The number of halogens is 2. The number of anilines is 1. The smallest absolute Gasteiger partial charge is 0.256 e. The molecule has 1 saturated heterocycles. The maximum Gasteiger partial charge on any atom is 0.256 e. The van der Waals surface area contributed by atoms with Gasteiger partial charge in [-0.3, -0.25) is 9.59 Å². The fourth-order valence-electron chi connectivity index (χ4n) is 4.24. The molecule has 2 aromatic rings. The Hall–Kier alpha value is -2.41. The average molecular weight is 445 g/mol. The second kappa shape index (κ2) is 9.81. The van der Waals surface area contributed by atoms with Crippen LogP contribution < -0.4 is 5.32 Å². The summed E-state index contributed by atoms with van der Waals surface area (Å²) in [6.07, 6.45) is 6.20. The molecular weight excluding hydrogens is 418 g/mol. The zero-order valence-electron chi connectivity index (χ0n) is 17.3. The van der Waals surface area contributed by atoms with Crippen LogP contribution in [0.25, 0.3) is 0 Å². The number of carbonyl (C=O) groups is 2. The summed E-state index contributed by atoms with van der Waals surface area (Å²) in [4.78, 5) is 27.9. The molecule has 1 saturated carbocycles. The highest BCUT2D eigenvalue weighted by atomic mass is 32.2. The van der Waals surface area contributed by atoms with Crippen molar-refractivity contribution in [1.82, 2.24) is 4.90 Å². The van der Waals surface area contributed by atoms with E-state index < -0.39 is 17.5 Å². The molecule has 0 bridgehead atoms. The number of thioether (sulfide) groups is 1. The fraction of sp³-hybridized carbons (Fsp3) is 0.417. The van der Waals surface area contributed by atoms with Gasteiger partial charge in [-0.1, -0.05) is 12.8 Å². The normalized spacial score (nSPS) is 17.7. The lowest BCUT2D eigenvalue weighted by Crippen LogP contribution is -2.41. The van der Waals surface area contributed by atoms with E-state index in [2.05, 4.69) is 17.4 Å². The van der Waals surface area contributed by atoms with Crippen molar-refractivity contribution in [1.29, 1.82) is 0 Å². The summed E-state index contributed by atoms with van der Waals surface area (Å²) in [6, 6.07) is 10.9. The number of rotatable bonds is 5. The third-order valence-electron chi connectivity index (χ3n) is 6.04. The maximum absolute atomic E-state index is 13.9. The molecule has 4 nitrogen and oxygen atoms in total. The molecule has 4 rings (SSSR count). The highest BCUT2D eigenvalue weighted by Crippen LogP contribution is 2.35. The molecule has 2 amide bonds. The van der Waals surface area contributed by atoms with Crippen LogP contribution >= 0.6 is 11.8 Å². The van der Waals surface area contributed by atoms with E-state index in [1.807, 2.05) is 23.9 Å². The van der Waals surface area contributed by atoms with Gasteiger partial charge in [-0.15, -0.1) is 11.8 Å². The molecule has 0 spiro atoms. The predicted molar refractivity (Wildman–Crippen MR) is 118 cm³/mol. The van der Waals surface area contributed by atoms with Crippen LogP contribution in [0.15, 0.2) is 47.4 Å². The molecule has 0 unspecified atom stereocenters. The second-order valence-corrected chi connectivity index (χ2v) is 9.60. The van der Waals surface area contributed by atoms with Gasteiger partial charge in [0.15, 0.2) is 0 Å². The van der Waals surface area contributed by atoms with Crippen molar-refractivity contribution in [3.63, 3.8) is 0 Å². The van der Waals surface area contributed by atoms with E-state index in [1.165, 1.54) is 41.5 Å². The number of hydrogen-bond acceptors (Lipinski definition) is 3. The Kier molecular flexibility index (Phi) is 6.90. The summed E-state index contributed by atoms with van der Waals surface area (Å²) in [5.74, 6) is -2.30. The van der Waals surface area contributed by atoms with E-state index >= 15 is 0 Å². The summed E-state index contributed by atoms with van der Waals surface area (Å²) in [6.45, 7) is 0.732. The van der Waals surface area contributed by atoms with E-state index in [0.29, 0.717) is 37.2 Å². The van der Waals surface area contributed by atoms with Gasteiger partial charge >= 0.3 is 0 Å². The maximum atomic E-state index is 13.9. The minimum absolute atomic E-state index is 0.0590. The summed E-state index contributed by atoms with van der Waals surface area (Å²) in [7, 11) is 0. The molecule has 0 aromatic heterocycles. The minimum Gasteiger partial charge on any atom is -0.339 e. The Morgan fingerprint density at radius 3 is 2.26 bits per heavy atom. The molecule has 0 radical (unpaired) electrons. The van der Waals surface area contributed by atoms with Crippen LogP contribution in [0.1, 0.15) is 48.9 Å². The SMILES string of the molecule is O=C(Nc1ccc(SC2CCCC2)cc1)C1CCN(C(=O)c2ccc(F)cc2F)CC1. The quantitative estimate of drug-likeness (QED) is 0.663. The molecule has 1 heterocycles. The lowest BCUT2D eigenvalue weighted by molar-refractivity contribution is -0.121. The standard InChI is InChI=1S/C24H26F2N2O2S/c25-17-5-10-21(22(26)15-17)24(30)28-13-11-16(12-14-28)23(29)27-18-6-8-20(9-7-18)31-19-3-1-2-4-19/h5-10,15-16,19H,1-4,11-14H2,(H,27,29). The molecule has 1 N–H and O–H groups in total. The van der Waals surface area contributed by atoms with Crippen molar-refractivity contribution in [2.24, 2.45) is 5.92 Å². The molecule has 7 heteroatoms. The first-order valence-corrected chi connectivity index (χ1v) is 11.7. The number of likely N-dealkylation sites (tertiary alicyclic amines) is 1. The number of carbonyl (C=O) groups excluding carboxylic acids is 2. The van der Waals surface area contributed by atoms with Crippen LogP contribution in [-0.4, -0.2) is 35.1 Å². The van der Waals surface area contributed by atoms with Gasteiger partial charge in [-0.2, -0.15) is 0 Å². The van der Waals surface area contributed by atoms with Crippen molar-refractivity contribution in [2.75, 3.05) is 18.4 Å². The summed E-state index contributed by atoms with van der Waals surface area (Å²) < 4.78 is 27.0. The fourth-order valence-corrected chi connectivity index (χ4v) is 5.48. The largest absolute Gasteiger partial charge is 0.339 e. The van der Waals surface area contributed by atoms with Gasteiger partial charge in [-0.25, -0.2) is 8.78 Å². The first-order valence-electron chi connectivity index (χ1n) is 10.8. The van der Waals surface area contributed by atoms with E-state index in [-0.39, 0.29) is 17.4 Å². The summed E-state index contributed by atoms with van der Waals surface area (Å²) >= 11 is 1.91. The molecular formula is C24H26F2N2O2S. The van der Waals surface area contributed by atoms with E-state index in [4.69, 9.17) is 0 Å².